The number of aromatic nitrogens is 1. The van der Waals surface area contributed by atoms with Crippen LogP contribution in [0.25, 0.3) is 0 Å². The van der Waals surface area contributed by atoms with Gasteiger partial charge in [0.1, 0.15) is 13.3 Å². The van der Waals surface area contributed by atoms with E-state index in [1.54, 1.807) is 12.1 Å². The highest BCUT2D eigenvalue weighted by molar-refractivity contribution is 6.30. The van der Waals surface area contributed by atoms with E-state index in [0.717, 1.165) is 0 Å². The lowest BCUT2D eigenvalue weighted by atomic mass is 10.5. The topological polar surface area (TPSA) is 22.1 Å². The quantitative estimate of drug-likeness (QED) is 0.702. The fourth-order valence-corrected chi connectivity index (χ4v) is 0.703. The number of alkyl halides is 1. The number of hydrogen-bond donors (Lipinski definition) is 0. The monoisotopic (exact) mass is 175 g/mol. The molecule has 0 aliphatic rings. The molecule has 0 spiro atoms. The van der Waals surface area contributed by atoms with Crippen LogP contribution in [0, 0.1) is 0 Å². The summed E-state index contributed by atoms with van der Waals surface area (Å²) in [6.45, 7) is -0.473. The molecular weight excluding hydrogens is 169 g/mol. The second kappa shape index (κ2) is 4.13. The number of nitrogens with zero attached hydrogens (tertiary/aromatic N) is 1. The Bertz CT molecular complexity index is 214. The van der Waals surface area contributed by atoms with E-state index in [9.17, 15) is 4.39 Å². The third-order valence-electron chi connectivity index (χ3n) is 1.03. The summed E-state index contributed by atoms with van der Waals surface area (Å²) in [4.78, 5) is 3.79. The molecular formula is C7H7ClFNO. The molecule has 0 aliphatic heterocycles. The fourth-order valence-electron chi connectivity index (χ4n) is 0.591. The van der Waals surface area contributed by atoms with Crippen molar-refractivity contribution in [3.8, 4) is 5.88 Å². The van der Waals surface area contributed by atoms with E-state index in [0.29, 0.717) is 10.9 Å². The Hall–Kier alpha value is -0.830. The van der Waals surface area contributed by atoms with Crippen LogP contribution in [-0.4, -0.2) is 18.3 Å². The average molecular weight is 176 g/mol. The second-order valence-corrected chi connectivity index (χ2v) is 2.29. The lowest BCUT2D eigenvalue weighted by Crippen LogP contribution is -1.99. The molecule has 11 heavy (non-hydrogen) atoms. The molecule has 0 amide bonds. The molecule has 1 aromatic heterocycles. The van der Waals surface area contributed by atoms with E-state index >= 15 is 0 Å². The van der Waals surface area contributed by atoms with Gasteiger partial charge < -0.3 is 4.74 Å². The van der Waals surface area contributed by atoms with Crippen molar-refractivity contribution < 1.29 is 9.13 Å². The zero-order valence-corrected chi connectivity index (χ0v) is 6.51. The van der Waals surface area contributed by atoms with E-state index < -0.39 is 6.67 Å². The van der Waals surface area contributed by atoms with Crippen LogP contribution in [0.3, 0.4) is 0 Å². The van der Waals surface area contributed by atoms with Crippen molar-refractivity contribution in [3.63, 3.8) is 0 Å². The summed E-state index contributed by atoms with van der Waals surface area (Å²) >= 11 is 5.55. The number of rotatable bonds is 3. The molecule has 0 saturated carbocycles. The van der Waals surface area contributed by atoms with Crippen LogP contribution in [0.1, 0.15) is 0 Å². The minimum Gasteiger partial charge on any atom is -0.475 e. The highest BCUT2D eigenvalue weighted by Gasteiger charge is 1.93. The maximum Gasteiger partial charge on any atom is 0.213 e. The van der Waals surface area contributed by atoms with Crippen molar-refractivity contribution in [2.75, 3.05) is 13.3 Å². The first-order chi connectivity index (χ1) is 5.33. The number of pyridine rings is 1. The Balaban J connectivity index is 2.52. The standard InChI is InChI=1S/C7H7ClFNO/c8-6-1-2-7(10-5-6)11-4-3-9/h1-2,5H,3-4H2. The van der Waals surface area contributed by atoms with Gasteiger partial charge in [-0.3, -0.25) is 0 Å². The predicted octanol–water partition coefficient (Wildman–Crippen LogP) is 2.08. The third kappa shape index (κ3) is 2.72. The zero-order chi connectivity index (χ0) is 8.10. The van der Waals surface area contributed by atoms with Crippen LogP contribution >= 0.6 is 11.6 Å². The molecule has 1 heterocycles. The minimum atomic E-state index is -0.510. The number of hydrogen-bond acceptors (Lipinski definition) is 2. The molecule has 60 valence electrons. The maximum absolute atomic E-state index is 11.6. The van der Waals surface area contributed by atoms with Crippen molar-refractivity contribution in [2.24, 2.45) is 0 Å². The number of ether oxygens (including phenoxy) is 1. The van der Waals surface area contributed by atoms with Crippen molar-refractivity contribution in [2.45, 2.75) is 0 Å². The van der Waals surface area contributed by atoms with Crippen molar-refractivity contribution in [3.05, 3.63) is 23.4 Å². The summed E-state index contributed by atoms with van der Waals surface area (Å²) < 4.78 is 16.4. The first kappa shape index (κ1) is 8.27. The Morgan fingerprint density at radius 3 is 2.91 bits per heavy atom. The lowest BCUT2D eigenvalue weighted by Gasteiger charge is -2.00. The first-order valence-corrected chi connectivity index (χ1v) is 3.51. The van der Waals surface area contributed by atoms with Gasteiger partial charge in [-0.25, -0.2) is 9.37 Å². The highest BCUT2D eigenvalue weighted by Crippen LogP contribution is 2.10. The largest absolute Gasteiger partial charge is 0.475 e. The van der Waals surface area contributed by atoms with Gasteiger partial charge in [-0.05, 0) is 6.07 Å². The number of halogens is 2. The van der Waals surface area contributed by atoms with Crippen LogP contribution in [-0.2, 0) is 0 Å². The first-order valence-electron chi connectivity index (χ1n) is 3.13. The van der Waals surface area contributed by atoms with Gasteiger partial charge in [0.2, 0.25) is 5.88 Å². The van der Waals surface area contributed by atoms with Gasteiger partial charge in [-0.2, -0.15) is 0 Å². The smallest absolute Gasteiger partial charge is 0.213 e. The van der Waals surface area contributed by atoms with Crippen molar-refractivity contribution in [1.29, 1.82) is 0 Å². The van der Waals surface area contributed by atoms with Gasteiger partial charge in [0.05, 0.1) is 5.02 Å². The van der Waals surface area contributed by atoms with Gasteiger partial charge >= 0.3 is 0 Å². The molecule has 0 saturated heterocycles. The van der Waals surface area contributed by atoms with Gasteiger partial charge in [0.15, 0.2) is 0 Å². The fraction of sp³-hybridized carbons (Fsp3) is 0.286. The second-order valence-electron chi connectivity index (χ2n) is 1.85. The van der Waals surface area contributed by atoms with Crippen LogP contribution in [0.5, 0.6) is 5.88 Å². The molecule has 1 aromatic rings. The lowest BCUT2D eigenvalue weighted by molar-refractivity contribution is 0.264. The van der Waals surface area contributed by atoms with Gasteiger partial charge in [0, 0.05) is 12.3 Å². The Labute approximate surface area is 69.0 Å². The summed E-state index contributed by atoms with van der Waals surface area (Å²) in [6.07, 6.45) is 1.45. The average Bonchev–Trinajstić information content (AvgIpc) is 2.04. The van der Waals surface area contributed by atoms with E-state index in [2.05, 4.69) is 4.98 Å². The predicted molar refractivity (Wildman–Crippen MR) is 40.7 cm³/mol. The molecule has 4 heteroatoms. The highest BCUT2D eigenvalue weighted by atomic mass is 35.5. The molecule has 0 bridgehead atoms. The van der Waals surface area contributed by atoms with E-state index in [1.807, 2.05) is 0 Å². The van der Waals surface area contributed by atoms with Crippen molar-refractivity contribution >= 4 is 11.6 Å². The summed E-state index contributed by atoms with van der Waals surface area (Å²) in [5.41, 5.74) is 0. The molecule has 0 aromatic carbocycles. The van der Waals surface area contributed by atoms with E-state index in [4.69, 9.17) is 16.3 Å². The normalized spacial score (nSPS) is 9.64. The van der Waals surface area contributed by atoms with Crippen molar-refractivity contribution in [1.82, 2.24) is 4.98 Å². The summed E-state index contributed by atoms with van der Waals surface area (Å²) in [5, 5.41) is 0.539. The molecule has 0 radical (unpaired) electrons. The molecule has 0 unspecified atom stereocenters. The summed E-state index contributed by atoms with van der Waals surface area (Å²) in [6, 6.07) is 3.24. The Morgan fingerprint density at radius 2 is 2.36 bits per heavy atom. The molecule has 0 N–H and O–H groups in total. The summed E-state index contributed by atoms with van der Waals surface area (Å²) in [5.74, 6) is 0.395. The van der Waals surface area contributed by atoms with Crippen LogP contribution in [0.2, 0.25) is 5.02 Å². The molecule has 2 nitrogen and oxygen atoms in total. The van der Waals surface area contributed by atoms with Crippen LogP contribution in [0.4, 0.5) is 4.39 Å². The molecule has 1 rings (SSSR count). The van der Waals surface area contributed by atoms with Gasteiger partial charge in [-0.1, -0.05) is 11.6 Å². The minimum absolute atomic E-state index is 0.0363. The van der Waals surface area contributed by atoms with Crippen LogP contribution in [0.15, 0.2) is 18.3 Å². The third-order valence-corrected chi connectivity index (χ3v) is 1.25. The summed E-state index contributed by atoms with van der Waals surface area (Å²) in [7, 11) is 0. The van der Waals surface area contributed by atoms with Gasteiger partial charge in [0.25, 0.3) is 0 Å². The maximum atomic E-state index is 11.6. The van der Waals surface area contributed by atoms with E-state index in [-0.39, 0.29) is 6.61 Å². The molecule has 0 fully saturated rings. The van der Waals surface area contributed by atoms with Crippen LogP contribution < -0.4 is 4.74 Å². The SMILES string of the molecule is FCCOc1ccc(Cl)cn1. The molecule has 0 aliphatic carbocycles. The zero-order valence-electron chi connectivity index (χ0n) is 5.76. The Kier molecular flexibility index (Phi) is 3.11. The van der Waals surface area contributed by atoms with E-state index in [1.165, 1.54) is 6.20 Å². The Morgan fingerprint density at radius 1 is 1.55 bits per heavy atom. The molecule has 0 atom stereocenters. The van der Waals surface area contributed by atoms with Gasteiger partial charge in [-0.15, -0.1) is 0 Å².